The molecular weight excluding hydrogens is 660 g/mol. The van der Waals surface area contributed by atoms with Crippen molar-refractivity contribution in [2.24, 2.45) is 0 Å². The Bertz CT molecular complexity index is 1760. The first-order chi connectivity index (χ1) is 23.1. The van der Waals surface area contributed by atoms with Crippen molar-refractivity contribution in [2.45, 2.75) is 56.1 Å². The molecule has 49 heavy (non-hydrogen) atoms. The van der Waals surface area contributed by atoms with Gasteiger partial charge in [-0.3, -0.25) is 14.4 Å². The second kappa shape index (κ2) is 14.6. The van der Waals surface area contributed by atoms with Crippen molar-refractivity contribution in [3.05, 3.63) is 28.4 Å². The first-order valence-corrected chi connectivity index (χ1v) is 14.4. The Labute approximate surface area is 277 Å². The Balaban J connectivity index is 1.81. The van der Waals surface area contributed by atoms with Gasteiger partial charge in [-0.1, -0.05) is 0 Å². The van der Waals surface area contributed by atoms with Crippen molar-refractivity contribution < 1.29 is 82.9 Å². The molecule has 6 atom stereocenters. The first kappa shape index (κ1) is 36.8. The van der Waals surface area contributed by atoms with Crippen molar-refractivity contribution in [2.75, 3.05) is 35.0 Å². The maximum Gasteiger partial charge on any atom is 0.308 e. The number of benzene rings is 2. The van der Waals surface area contributed by atoms with Crippen LogP contribution in [0.2, 0.25) is 0 Å². The van der Waals surface area contributed by atoms with E-state index in [0.717, 1.165) is 6.92 Å². The zero-order valence-electron chi connectivity index (χ0n) is 26.9. The highest BCUT2D eigenvalue weighted by Gasteiger charge is 2.46. The Morgan fingerprint density at radius 3 is 2.12 bits per heavy atom. The summed E-state index contributed by atoms with van der Waals surface area (Å²) in [4.78, 5) is 37.6. The smallest absolute Gasteiger partial charge is 0.308 e. The molecule has 1 aliphatic rings. The number of esters is 1. The molecule has 2 heterocycles. The number of hydrogen-bond acceptors (Lipinski definition) is 17. The van der Waals surface area contributed by atoms with Crippen LogP contribution in [0.3, 0.4) is 0 Å². The van der Waals surface area contributed by atoms with Gasteiger partial charge in [0.2, 0.25) is 34.7 Å². The van der Waals surface area contributed by atoms with Gasteiger partial charge in [0, 0.05) is 5.56 Å². The molecular formula is C31H36O18. The number of hydrogen-bond donors (Lipinski definition) is 7. The monoisotopic (exact) mass is 696 g/mol. The molecule has 2 aromatic carbocycles. The van der Waals surface area contributed by atoms with Gasteiger partial charge in [0.15, 0.2) is 28.6 Å². The molecule has 4 rings (SSSR count). The van der Waals surface area contributed by atoms with Crippen LogP contribution in [0.25, 0.3) is 22.3 Å². The van der Waals surface area contributed by atoms with E-state index in [2.05, 4.69) is 0 Å². The zero-order valence-corrected chi connectivity index (χ0v) is 26.9. The topological polar surface area (TPSA) is 271 Å². The number of carboxylic acids is 1. The molecule has 0 aliphatic carbocycles. The second-order valence-corrected chi connectivity index (χ2v) is 11.2. The Morgan fingerprint density at radius 1 is 0.878 bits per heavy atom. The quantitative estimate of drug-likeness (QED) is 0.118. The van der Waals surface area contributed by atoms with Gasteiger partial charge < -0.3 is 73.3 Å². The van der Waals surface area contributed by atoms with Gasteiger partial charge in [-0.2, -0.15) is 0 Å². The predicted octanol–water partition coefficient (Wildman–Crippen LogP) is 0.251. The maximum absolute atomic E-state index is 14.3. The molecule has 18 nitrogen and oxygen atoms in total. The molecule has 0 saturated carbocycles. The van der Waals surface area contributed by atoms with E-state index in [-0.39, 0.29) is 51.0 Å². The van der Waals surface area contributed by atoms with Crippen LogP contribution >= 0.6 is 0 Å². The SMILES string of the molecule is COc1cc(-c2oc3c(OC)c(O)c(OC)c(OC)c3c(=O)c2O[C@@H]2O[C@H](COC(=O)CC(C)(O)CC(=O)O)[C@@H](O)[C@H](O)[C@H]2O)ccc1O. The van der Waals surface area contributed by atoms with Crippen molar-refractivity contribution in [3.63, 3.8) is 0 Å². The lowest BCUT2D eigenvalue weighted by atomic mass is 9.98. The lowest BCUT2D eigenvalue weighted by molar-refractivity contribution is -0.278. The number of ether oxygens (including phenoxy) is 7. The molecule has 0 bridgehead atoms. The summed E-state index contributed by atoms with van der Waals surface area (Å²) >= 11 is 0. The number of phenolic OH excluding ortho intramolecular Hbond substituents is 2. The number of carbonyl (C=O) groups excluding carboxylic acids is 1. The molecule has 7 N–H and O–H groups in total. The zero-order chi connectivity index (χ0) is 36.4. The summed E-state index contributed by atoms with van der Waals surface area (Å²) in [7, 11) is 4.83. The van der Waals surface area contributed by atoms with Gasteiger partial charge in [-0.25, -0.2) is 0 Å². The summed E-state index contributed by atoms with van der Waals surface area (Å²) in [6, 6.07) is 3.81. The molecule has 0 spiro atoms. The van der Waals surface area contributed by atoms with E-state index in [4.69, 9.17) is 42.7 Å². The number of carbonyl (C=O) groups is 2. The molecule has 3 aromatic rings. The fourth-order valence-electron chi connectivity index (χ4n) is 5.20. The van der Waals surface area contributed by atoms with Gasteiger partial charge in [0.05, 0.1) is 46.9 Å². The van der Waals surface area contributed by atoms with E-state index in [9.17, 15) is 45.0 Å². The van der Waals surface area contributed by atoms with E-state index < -0.39 is 84.6 Å². The van der Waals surface area contributed by atoms with Gasteiger partial charge in [0.1, 0.15) is 36.4 Å². The first-order valence-electron chi connectivity index (χ1n) is 14.4. The van der Waals surface area contributed by atoms with Crippen LogP contribution in [0.1, 0.15) is 19.8 Å². The number of aliphatic hydroxyl groups excluding tert-OH is 3. The number of aliphatic hydroxyl groups is 4. The molecule has 1 saturated heterocycles. The van der Waals surface area contributed by atoms with Crippen LogP contribution in [-0.2, 0) is 19.1 Å². The fraction of sp³-hybridized carbons (Fsp3) is 0.452. The van der Waals surface area contributed by atoms with Crippen molar-refractivity contribution >= 4 is 22.9 Å². The van der Waals surface area contributed by atoms with Crippen LogP contribution in [0.5, 0.6) is 40.2 Å². The number of aliphatic carboxylic acids is 1. The largest absolute Gasteiger partial charge is 0.504 e. The molecule has 1 fully saturated rings. The third kappa shape index (κ3) is 7.37. The molecule has 0 radical (unpaired) electrons. The minimum Gasteiger partial charge on any atom is -0.504 e. The van der Waals surface area contributed by atoms with E-state index in [1.807, 2.05) is 0 Å². The van der Waals surface area contributed by atoms with Crippen LogP contribution in [0.4, 0.5) is 0 Å². The molecule has 268 valence electrons. The minimum absolute atomic E-state index is 0.0509. The predicted molar refractivity (Wildman–Crippen MR) is 163 cm³/mol. The average molecular weight is 697 g/mol. The summed E-state index contributed by atoms with van der Waals surface area (Å²) in [6.45, 7) is 0.346. The Morgan fingerprint density at radius 2 is 1.53 bits per heavy atom. The number of aromatic hydroxyl groups is 2. The number of fused-ring (bicyclic) bond motifs is 1. The summed E-state index contributed by atoms with van der Waals surface area (Å²) in [5.74, 6) is -5.32. The van der Waals surface area contributed by atoms with Crippen molar-refractivity contribution in [1.29, 1.82) is 0 Å². The van der Waals surface area contributed by atoms with Crippen LogP contribution in [0, 0.1) is 0 Å². The van der Waals surface area contributed by atoms with Crippen molar-refractivity contribution in [3.8, 4) is 51.6 Å². The molecule has 1 unspecified atom stereocenters. The molecule has 1 aliphatic heterocycles. The Kier molecular flexibility index (Phi) is 11.0. The lowest BCUT2D eigenvalue weighted by Gasteiger charge is -2.40. The maximum atomic E-state index is 14.3. The van der Waals surface area contributed by atoms with Gasteiger partial charge in [-0.05, 0) is 25.1 Å². The molecule has 18 heteroatoms. The van der Waals surface area contributed by atoms with Crippen LogP contribution < -0.4 is 29.1 Å². The summed E-state index contributed by atoms with van der Waals surface area (Å²) in [6.07, 6.45) is -10.9. The Hall–Kier alpha value is -5.01. The highest BCUT2D eigenvalue weighted by Crippen LogP contribution is 2.51. The van der Waals surface area contributed by atoms with Gasteiger partial charge in [-0.15, -0.1) is 0 Å². The van der Waals surface area contributed by atoms with Gasteiger partial charge >= 0.3 is 11.9 Å². The third-order valence-electron chi connectivity index (χ3n) is 7.56. The fourth-order valence-corrected chi connectivity index (χ4v) is 5.20. The normalized spacial score (nSPS) is 21.8. The van der Waals surface area contributed by atoms with E-state index in [0.29, 0.717) is 0 Å². The third-order valence-corrected chi connectivity index (χ3v) is 7.56. The van der Waals surface area contributed by atoms with E-state index in [1.165, 1.54) is 46.6 Å². The number of phenols is 2. The minimum atomic E-state index is -2.01. The number of methoxy groups -OCH3 is 4. The summed E-state index contributed by atoms with van der Waals surface area (Å²) in [5.41, 5.74) is -3.22. The lowest BCUT2D eigenvalue weighted by Crippen LogP contribution is -2.60. The summed E-state index contributed by atoms with van der Waals surface area (Å²) < 4.78 is 43.7. The van der Waals surface area contributed by atoms with Gasteiger partial charge in [0.25, 0.3) is 0 Å². The van der Waals surface area contributed by atoms with E-state index >= 15 is 0 Å². The van der Waals surface area contributed by atoms with E-state index in [1.54, 1.807) is 0 Å². The standard InChI is InChI=1S/C31H36O18/c1-31(41,9-16(33)34)10-17(35)46-11-15-19(36)21(38)22(39)30(47-15)49-29-20(37)18-25(43-3)27(44-4)23(40)28(45-5)26(18)48-24(29)12-6-7-13(32)14(8-12)42-2/h6-8,15,19,21-22,30,32,36,38-41H,9-11H2,1-5H3,(H,33,34)/t15-,19-,21+,22-,30+,31?/m1/s1. The van der Waals surface area contributed by atoms with Crippen LogP contribution in [-0.4, -0.2) is 119 Å². The summed E-state index contributed by atoms with van der Waals surface area (Å²) in [5, 5.41) is 71.9. The number of rotatable bonds is 13. The highest BCUT2D eigenvalue weighted by molar-refractivity contribution is 5.96. The molecule has 1 aromatic heterocycles. The second-order valence-electron chi connectivity index (χ2n) is 11.2. The number of carboxylic acid groups (broad SMARTS) is 1. The van der Waals surface area contributed by atoms with Crippen molar-refractivity contribution in [1.82, 2.24) is 0 Å². The van der Waals surface area contributed by atoms with Crippen LogP contribution in [0.15, 0.2) is 27.4 Å². The highest BCUT2D eigenvalue weighted by atomic mass is 16.7. The molecule has 0 amide bonds. The average Bonchev–Trinajstić information content (AvgIpc) is 3.04.